The summed E-state index contributed by atoms with van der Waals surface area (Å²) < 4.78 is 0. The Kier molecular flexibility index (Phi) is 30.9. The van der Waals surface area contributed by atoms with Crippen molar-refractivity contribution >= 4 is 5.91 Å². The third-order valence-corrected chi connectivity index (χ3v) is 8.09. The minimum atomic E-state index is -1.13. The number of rotatable bonds is 31. The predicted molar refractivity (Wildman–Crippen MR) is 176 cm³/mol. The topological polar surface area (TPSA) is 89.8 Å². The van der Waals surface area contributed by atoms with Crippen molar-refractivity contribution in [3.05, 3.63) is 24.3 Å². The smallest absolute Gasteiger partial charge is 0.220 e. The van der Waals surface area contributed by atoms with Gasteiger partial charge in [0, 0.05) is 6.42 Å². The summed E-state index contributed by atoms with van der Waals surface area (Å²) in [5, 5.41) is 33.1. The minimum absolute atomic E-state index is 0.153. The molecule has 5 nitrogen and oxygen atoms in total. The Bertz CT molecular complexity index is 606. The highest BCUT2D eigenvalue weighted by Crippen LogP contribution is 2.15. The van der Waals surface area contributed by atoms with Gasteiger partial charge in [0.2, 0.25) is 5.91 Å². The summed E-state index contributed by atoms with van der Waals surface area (Å²) in [6.45, 7) is 4.09. The van der Waals surface area contributed by atoms with Gasteiger partial charge in [0.05, 0.1) is 18.8 Å². The summed E-state index contributed by atoms with van der Waals surface area (Å²) in [6, 6.07) is -0.806. The molecule has 0 spiro atoms. The first kappa shape index (κ1) is 39.8. The molecule has 0 aliphatic rings. The molecule has 0 aliphatic heterocycles. The summed E-state index contributed by atoms with van der Waals surface area (Å²) >= 11 is 0. The molecule has 0 aromatic rings. The molecule has 0 rings (SSSR count). The van der Waals surface area contributed by atoms with E-state index in [4.69, 9.17) is 0 Å². The van der Waals surface area contributed by atoms with Crippen LogP contribution in [-0.2, 0) is 4.79 Å². The van der Waals surface area contributed by atoms with Crippen molar-refractivity contribution in [1.82, 2.24) is 5.32 Å². The zero-order valence-corrected chi connectivity index (χ0v) is 27.2. The van der Waals surface area contributed by atoms with Crippen LogP contribution in [0.15, 0.2) is 24.3 Å². The van der Waals surface area contributed by atoms with Gasteiger partial charge in [0.15, 0.2) is 0 Å². The summed E-state index contributed by atoms with van der Waals surface area (Å²) in [5.74, 6) is -0.153. The second kappa shape index (κ2) is 31.8. The first-order valence-corrected chi connectivity index (χ1v) is 17.6. The van der Waals surface area contributed by atoms with Gasteiger partial charge in [-0.1, -0.05) is 154 Å². The average Bonchev–Trinajstić information content (AvgIpc) is 2.97. The molecule has 242 valence electrons. The van der Waals surface area contributed by atoms with E-state index in [0.717, 1.165) is 38.5 Å². The molecule has 41 heavy (non-hydrogen) atoms. The van der Waals surface area contributed by atoms with Crippen molar-refractivity contribution in [1.29, 1.82) is 0 Å². The van der Waals surface area contributed by atoms with E-state index >= 15 is 0 Å². The predicted octanol–water partition coefficient (Wildman–Crippen LogP) is 9.09. The molecule has 0 saturated carbocycles. The number of amides is 1. The standard InChI is InChI=1S/C36H69NO4/c1-3-5-7-9-11-13-14-15-16-17-18-19-20-21-22-23-25-27-29-31-35(40)37-33(32-38)36(41)34(39)30-28-26-24-12-10-8-6-4-2/h11,13-15,33-34,36,38-39,41H,3-10,12,16-32H2,1-2H3,(H,37,40)/b13-11-,15-14-. The number of unbranched alkanes of at least 4 members (excludes halogenated alkanes) is 20. The van der Waals surface area contributed by atoms with Gasteiger partial charge >= 0.3 is 0 Å². The molecule has 5 heteroatoms. The van der Waals surface area contributed by atoms with E-state index in [0.29, 0.717) is 12.8 Å². The van der Waals surface area contributed by atoms with Gasteiger partial charge in [-0.05, 0) is 38.5 Å². The van der Waals surface area contributed by atoms with E-state index in [-0.39, 0.29) is 12.5 Å². The van der Waals surface area contributed by atoms with Crippen LogP contribution in [0.4, 0.5) is 0 Å². The fourth-order valence-corrected chi connectivity index (χ4v) is 5.27. The highest BCUT2D eigenvalue weighted by Gasteiger charge is 2.26. The van der Waals surface area contributed by atoms with Gasteiger partial charge < -0.3 is 20.6 Å². The summed E-state index contributed by atoms with van der Waals surface area (Å²) in [6.07, 6.45) is 35.6. The van der Waals surface area contributed by atoms with E-state index in [1.807, 2.05) is 0 Å². The molecule has 3 atom stereocenters. The lowest BCUT2D eigenvalue weighted by Crippen LogP contribution is -2.50. The van der Waals surface area contributed by atoms with Crippen LogP contribution in [0.2, 0.25) is 0 Å². The van der Waals surface area contributed by atoms with Crippen molar-refractivity contribution < 1.29 is 20.1 Å². The van der Waals surface area contributed by atoms with Gasteiger partial charge in [-0.25, -0.2) is 0 Å². The highest BCUT2D eigenvalue weighted by atomic mass is 16.3. The maximum atomic E-state index is 12.3. The molecule has 0 aromatic heterocycles. The van der Waals surface area contributed by atoms with Gasteiger partial charge in [-0.15, -0.1) is 0 Å². The minimum Gasteiger partial charge on any atom is -0.394 e. The molecular formula is C36H69NO4. The summed E-state index contributed by atoms with van der Waals surface area (Å²) in [5.41, 5.74) is 0. The molecule has 1 amide bonds. The molecule has 0 saturated heterocycles. The van der Waals surface area contributed by atoms with Crippen LogP contribution >= 0.6 is 0 Å². The second-order valence-electron chi connectivity index (χ2n) is 12.1. The summed E-state index contributed by atoms with van der Waals surface area (Å²) in [4.78, 5) is 12.3. The number of hydrogen-bond acceptors (Lipinski definition) is 4. The number of allylic oxidation sites excluding steroid dienone is 4. The molecule has 3 unspecified atom stereocenters. The highest BCUT2D eigenvalue weighted by molar-refractivity contribution is 5.76. The lowest BCUT2D eigenvalue weighted by atomic mass is 9.99. The molecule has 0 radical (unpaired) electrons. The molecule has 0 aromatic carbocycles. The lowest BCUT2D eigenvalue weighted by Gasteiger charge is -2.26. The Balaban J connectivity index is 3.66. The molecule has 0 fully saturated rings. The van der Waals surface area contributed by atoms with Gasteiger partial charge in [-0.3, -0.25) is 4.79 Å². The van der Waals surface area contributed by atoms with Crippen LogP contribution in [0.1, 0.15) is 174 Å². The third kappa shape index (κ3) is 27.4. The fourth-order valence-electron chi connectivity index (χ4n) is 5.27. The van der Waals surface area contributed by atoms with E-state index in [2.05, 4.69) is 43.5 Å². The number of aliphatic hydroxyl groups excluding tert-OH is 3. The van der Waals surface area contributed by atoms with Crippen molar-refractivity contribution in [2.24, 2.45) is 0 Å². The number of hydrogen-bond donors (Lipinski definition) is 4. The van der Waals surface area contributed by atoms with Crippen LogP contribution < -0.4 is 5.32 Å². The SMILES string of the molecule is CCCCC/C=C\C=C/CCCCCCCCCCCCC(=O)NC(CO)C(O)C(O)CCCCCCCCCC. The number of carbonyl (C=O) groups is 1. The van der Waals surface area contributed by atoms with Crippen LogP contribution in [0.5, 0.6) is 0 Å². The van der Waals surface area contributed by atoms with Crippen LogP contribution in [0.25, 0.3) is 0 Å². The van der Waals surface area contributed by atoms with E-state index in [1.165, 1.54) is 109 Å². The van der Waals surface area contributed by atoms with Gasteiger partial charge in [0.1, 0.15) is 6.10 Å². The quantitative estimate of drug-likeness (QED) is 0.0487. The zero-order valence-electron chi connectivity index (χ0n) is 27.2. The molecule has 0 heterocycles. The molecule has 0 bridgehead atoms. The maximum Gasteiger partial charge on any atom is 0.220 e. The monoisotopic (exact) mass is 580 g/mol. The Morgan fingerprint density at radius 1 is 0.610 bits per heavy atom. The number of carbonyl (C=O) groups excluding carboxylic acids is 1. The molecule has 0 aliphatic carbocycles. The largest absolute Gasteiger partial charge is 0.394 e. The normalized spacial score (nSPS) is 14.2. The van der Waals surface area contributed by atoms with Crippen LogP contribution in [0, 0.1) is 0 Å². The van der Waals surface area contributed by atoms with Crippen LogP contribution in [-0.4, -0.2) is 46.1 Å². The first-order valence-electron chi connectivity index (χ1n) is 17.6. The van der Waals surface area contributed by atoms with Gasteiger partial charge in [-0.2, -0.15) is 0 Å². The van der Waals surface area contributed by atoms with E-state index in [1.54, 1.807) is 0 Å². The lowest BCUT2D eigenvalue weighted by molar-refractivity contribution is -0.124. The van der Waals surface area contributed by atoms with Gasteiger partial charge in [0.25, 0.3) is 0 Å². The van der Waals surface area contributed by atoms with E-state index in [9.17, 15) is 20.1 Å². The number of aliphatic hydroxyl groups is 3. The third-order valence-electron chi connectivity index (χ3n) is 8.09. The van der Waals surface area contributed by atoms with Crippen molar-refractivity contribution in [3.8, 4) is 0 Å². The molecule has 4 N–H and O–H groups in total. The second-order valence-corrected chi connectivity index (χ2v) is 12.1. The fraction of sp³-hybridized carbons (Fsp3) is 0.861. The Hall–Kier alpha value is -1.17. The Morgan fingerprint density at radius 3 is 1.54 bits per heavy atom. The number of nitrogens with one attached hydrogen (secondary N) is 1. The zero-order chi connectivity index (χ0) is 30.2. The summed E-state index contributed by atoms with van der Waals surface area (Å²) in [7, 11) is 0. The van der Waals surface area contributed by atoms with E-state index < -0.39 is 18.2 Å². The Morgan fingerprint density at radius 2 is 1.02 bits per heavy atom. The van der Waals surface area contributed by atoms with Crippen molar-refractivity contribution in [2.45, 2.75) is 193 Å². The van der Waals surface area contributed by atoms with Crippen LogP contribution in [0.3, 0.4) is 0 Å². The Labute approximate surface area is 254 Å². The maximum absolute atomic E-state index is 12.3. The molecular weight excluding hydrogens is 510 g/mol. The van der Waals surface area contributed by atoms with Crippen molar-refractivity contribution in [2.75, 3.05) is 6.61 Å². The average molecular weight is 580 g/mol. The first-order chi connectivity index (χ1) is 20.1. The van der Waals surface area contributed by atoms with Crippen molar-refractivity contribution in [3.63, 3.8) is 0 Å².